The van der Waals surface area contributed by atoms with E-state index >= 15 is 9.59 Å². The molecule has 0 spiro atoms. The van der Waals surface area contributed by atoms with Crippen molar-refractivity contribution in [3.05, 3.63) is 259 Å². The number of esters is 1. The van der Waals surface area contributed by atoms with Crippen molar-refractivity contribution < 1.29 is 96.0 Å². The number of rotatable bonds is 23. The molecule has 27 heteroatoms. The number of benzene rings is 7. The topological polar surface area (TPSA) is 335 Å². The van der Waals surface area contributed by atoms with Crippen molar-refractivity contribution in [2.24, 2.45) is 5.11 Å². The molecule has 6 heterocycles. The van der Waals surface area contributed by atoms with Crippen LogP contribution in [0.4, 0.5) is 5.69 Å². The highest BCUT2D eigenvalue weighted by Crippen LogP contribution is 2.43. The predicted molar refractivity (Wildman–Crippen MR) is 334 cm³/mol. The van der Waals surface area contributed by atoms with Crippen molar-refractivity contribution in [1.29, 1.82) is 0 Å². The Hall–Kier alpha value is -9.68. The van der Waals surface area contributed by atoms with Crippen LogP contribution >= 0.6 is 0 Å². The van der Waals surface area contributed by atoms with Crippen LogP contribution in [0.15, 0.2) is 193 Å². The molecule has 7 aromatic carbocycles. The number of nitro benzene ring substituents is 1. The van der Waals surface area contributed by atoms with Crippen LogP contribution in [0.25, 0.3) is 10.4 Å². The molecule has 0 aliphatic carbocycles. The van der Waals surface area contributed by atoms with Gasteiger partial charge in [0.15, 0.2) is 31.2 Å². The Morgan fingerprint density at radius 1 is 0.588 bits per heavy atom. The number of amides is 4. The molecule has 0 unspecified atom stereocenters. The Bertz CT molecular complexity index is 3970. The fourth-order valence-electron chi connectivity index (χ4n) is 12.8. The van der Waals surface area contributed by atoms with E-state index in [9.17, 15) is 40.2 Å². The van der Waals surface area contributed by atoms with Crippen molar-refractivity contribution in [2.75, 3.05) is 26.9 Å². The van der Waals surface area contributed by atoms with Gasteiger partial charge in [-0.25, -0.2) is 4.79 Å². The number of azide groups is 1. The van der Waals surface area contributed by atoms with Gasteiger partial charge < -0.3 is 67.1 Å². The molecule has 4 saturated heterocycles. The van der Waals surface area contributed by atoms with Gasteiger partial charge in [-0.15, -0.1) is 0 Å². The maximum absolute atomic E-state index is 15.1. The number of methoxy groups -OCH3 is 1. The summed E-state index contributed by atoms with van der Waals surface area (Å²) < 4.78 is 78.4. The van der Waals surface area contributed by atoms with Crippen molar-refractivity contribution in [3.63, 3.8) is 0 Å². The maximum atomic E-state index is 15.1. The van der Waals surface area contributed by atoms with E-state index < -0.39 is 146 Å². The van der Waals surface area contributed by atoms with Crippen LogP contribution in [0.5, 0.6) is 5.75 Å². The van der Waals surface area contributed by atoms with Gasteiger partial charge in [-0.2, -0.15) is 0 Å². The van der Waals surface area contributed by atoms with Crippen molar-refractivity contribution in [1.82, 2.24) is 9.80 Å². The summed E-state index contributed by atoms with van der Waals surface area (Å²) in [6, 6.07) is 46.6. The minimum atomic E-state index is -2.14. The van der Waals surface area contributed by atoms with Crippen LogP contribution < -0.4 is 4.74 Å². The second-order valence-electron chi connectivity index (χ2n) is 23.5. The average molecular weight is 1330 g/mol. The van der Waals surface area contributed by atoms with Crippen LogP contribution in [0.3, 0.4) is 0 Å². The quantitative estimate of drug-likeness (QED) is 0.0119. The lowest BCUT2D eigenvalue weighted by atomic mass is 9.92. The number of hydrogen-bond acceptors (Lipinski definition) is 22. The van der Waals surface area contributed by atoms with Gasteiger partial charge in [-0.3, -0.25) is 39.1 Å². The lowest BCUT2D eigenvalue weighted by Crippen LogP contribution is -2.71. The van der Waals surface area contributed by atoms with Crippen LogP contribution in [0.1, 0.15) is 80.3 Å². The lowest BCUT2D eigenvalue weighted by molar-refractivity contribution is -0.389. The molecule has 0 bridgehead atoms. The van der Waals surface area contributed by atoms with Crippen LogP contribution in [0.2, 0.25) is 0 Å². The minimum absolute atomic E-state index is 0.0228. The summed E-state index contributed by atoms with van der Waals surface area (Å²) in [5.41, 5.74) is 12.1. The molecule has 97 heavy (non-hydrogen) atoms. The molecule has 0 aromatic heterocycles. The second kappa shape index (κ2) is 29.3. The Morgan fingerprint density at radius 2 is 1.08 bits per heavy atom. The Labute approximate surface area is 553 Å². The van der Waals surface area contributed by atoms with Crippen LogP contribution in [-0.2, 0) is 71.9 Å². The first kappa shape index (κ1) is 66.0. The van der Waals surface area contributed by atoms with Gasteiger partial charge in [-0.1, -0.05) is 133 Å². The summed E-state index contributed by atoms with van der Waals surface area (Å²) in [5.74, 6) is -4.03. The Kier molecular flexibility index (Phi) is 20.0. The van der Waals surface area contributed by atoms with E-state index in [2.05, 4.69) is 10.0 Å². The normalized spacial score (nSPS) is 28.3. The molecule has 0 saturated carbocycles. The number of carbonyl (C=O) groups excluding carboxylic acids is 5. The van der Waals surface area contributed by atoms with Crippen molar-refractivity contribution >= 4 is 35.3 Å². The number of hydrogen-bond donors (Lipinski definition) is 2. The van der Waals surface area contributed by atoms with E-state index in [0.29, 0.717) is 32.9 Å². The number of non-ortho nitro benzene ring substituents is 1. The van der Waals surface area contributed by atoms with Gasteiger partial charge in [0.1, 0.15) is 72.8 Å². The minimum Gasteiger partial charge on any atom is -0.497 e. The zero-order valence-corrected chi connectivity index (χ0v) is 51.7. The number of carbonyl (C=O) groups is 5. The molecule has 6 aliphatic rings. The highest BCUT2D eigenvalue weighted by Gasteiger charge is 2.61. The average Bonchev–Trinajstić information content (AvgIpc) is 1.66. The Balaban J connectivity index is 0.905. The number of imide groups is 2. The first-order valence-electron chi connectivity index (χ1n) is 31.1. The number of aliphatic hydroxyl groups excluding tert-OH is 2. The van der Waals surface area contributed by atoms with Crippen molar-refractivity contribution in [2.45, 2.75) is 118 Å². The summed E-state index contributed by atoms with van der Waals surface area (Å²) in [4.78, 5) is 89.2. The number of ether oxygens (including phenoxy) is 12. The van der Waals surface area contributed by atoms with Gasteiger partial charge in [-0.05, 0) is 70.8 Å². The Morgan fingerprint density at radius 3 is 1.63 bits per heavy atom. The zero-order valence-electron chi connectivity index (χ0n) is 51.7. The molecular weight excluding hydrogens is 1260 g/mol. The zero-order chi connectivity index (χ0) is 67.3. The van der Waals surface area contributed by atoms with E-state index in [4.69, 9.17) is 56.8 Å². The molecule has 7 aromatic rings. The standard InChI is InChI=1S/C70H64N6O21/c1-86-45-31-25-41(26-32-45)34-88-36-50-57(55(77)53(62(91-50)72-73-71)74-63(79)46-21-11-12-22-47(46)64(74)80)95-69-54(75-65(81)48-23-13-14-24-49(48)66(75)82)56(78)58(51(92-69)37-87-33-39-15-5-2-6-16-39)96-70-61(94-67(83)42-27-29-44(30-28-42)76(84)85)60(89-35-40-17-7-3-8-18-40)59-52(93-70)38-90-68(97-59)43-19-9-4-10-20-43/h2-32,50-62,68-70,77-78H,33-38H2,1H3/t50-,51-,52-,53-,54-,55-,56-,57-,58-,59-,60+,61-,62-,68-,69+,70+/m1/s1. The first-order chi connectivity index (χ1) is 47.3. The molecule has 27 nitrogen and oxygen atoms in total. The van der Waals surface area contributed by atoms with E-state index in [1.165, 1.54) is 55.6 Å². The molecule has 4 amide bonds. The summed E-state index contributed by atoms with van der Waals surface area (Å²) in [6.07, 6.45) is -22.7. The first-order valence-corrected chi connectivity index (χ1v) is 31.1. The van der Waals surface area contributed by atoms with Gasteiger partial charge >= 0.3 is 5.97 Å². The molecule has 13 rings (SSSR count). The summed E-state index contributed by atoms with van der Waals surface area (Å²) >= 11 is 0. The van der Waals surface area contributed by atoms with E-state index in [0.717, 1.165) is 17.0 Å². The number of nitro groups is 1. The monoisotopic (exact) mass is 1320 g/mol. The second-order valence-corrected chi connectivity index (χ2v) is 23.5. The summed E-state index contributed by atoms with van der Waals surface area (Å²) in [5, 5.41) is 42.3. The van der Waals surface area contributed by atoms with Crippen molar-refractivity contribution in [3.8, 4) is 5.75 Å². The number of fused-ring (bicyclic) bond motifs is 3. The molecule has 6 aliphatic heterocycles. The largest absolute Gasteiger partial charge is 0.497 e. The molecule has 0 radical (unpaired) electrons. The third kappa shape index (κ3) is 13.7. The summed E-state index contributed by atoms with van der Waals surface area (Å²) in [7, 11) is 1.51. The third-order valence-electron chi connectivity index (χ3n) is 17.6. The van der Waals surface area contributed by atoms with Crippen LogP contribution in [-0.4, -0.2) is 173 Å². The predicted octanol–water partition coefficient (Wildman–Crippen LogP) is 7.57. The van der Waals surface area contributed by atoms with Gasteiger partial charge in [0.25, 0.3) is 29.3 Å². The highest BCUT2D eigenvalue weighted by molar-refractivity contribution is 6.22. The fraction of sp³-hybridized carbons (Fsp3) is 0.329. The molecule has 500 valence electrons. The summed E-state index contributed by atoms with van der Waals surface area (Å²) in [6.45, 7) is -1.34. The number of aliphatic hydroxyl groups is 2. The van der Waals surface area contributed by atoms with E-state index in [1.54, 1.807) is 97.1 Å². The number of nitrogens with zero attached hydrogens (tertiary/aromatic N) is 6. The van der Waals surface area contributed by atoms with E-state index in [-0.39, 0.29) is 59.9 Å². The fourth-order valence-corrected chi connectivity index (χ4v) is 12.8. The SMILES string of the molecule is COc1ccc(COC[C@H]2O[C@@H](N=[N+]=[N-])[C@H](N3C(=O)c4ccccc4C3=O)[C@@H](O)[C@@H]2O[C@@H]2O[C@H](COCc3ccccc3)[C@@H](O[C@@H]3O[C@@H]4CO[C@@H](c5ccccc5)O[C@H]4[C@H](OCc4ccccc4)[C@H]3OC(=O)c3ccc([N+](=O)[O-])cc3)[C@H](O)[C@H]2N2C(=O)c3ccccc3C2=O)cc1. The molecule has 2 N–H and O–H groups in total. The smallest absolute Gasteiger partial charge is 0.338 e. The third-order valence-corrected chi connectivity index (χ3v) is 17.6. The lowest BCUT2D eigenvalue weighted by Gasteiger charge is -2.52. The van der Waals surface area contributed by atoms with Gasteiger partial charge in [0.05, 0.1) is 79.5 Å². The van der Waals surface area contributed by atoms with E-state index in [1.807, 2.05) is 30.3 Å². The van der Waals surface area contributed by atoms with Crippen LogP contribution in [0, 0.1) is 10.1 Å². The molecule has 16 atom stereocenters. The molecular formula is C70H64N6O21. The highest BCUT2D eigenvalue weighted by atomic mass is 16.8. The molecule has 4 fully saturated rings. The van der Waals surface area contributed by atoms with Gasteiger partial charge in [0, 0.05) is 22.6 Å². The van der Waals surface area contributed by atoms with Gasteiger partial charge in [0.2, 0.25) is 0 Å². The maximum Gasteiger partial charge on any atom is 0.338 e.